The lowest BCUT2D eigenvalue weighted by atomic mass is 9.60. The Labute approximate surface area is 116 Å². The maximum absolute atomic E-state index is 11.7. The zero-order valence-electron chi connectivity index (χ0n) is 10.6. The predicted molar refractivity (Wildman–Crippen MR) is 76.8 cm³/mol. The molecule has 1 atom stereocenters. The van der Waals surface area contributed by atoms with E-state index in [9.17, 15) is 4.79 Å². The molecule has 1 nitrogen and oxygen atoms in total. The molecule has 0 bridgehead atoms. The van der Waals surface area contributed by atoms with Crippen molar-refractivity contribution in [1.29, 1.82) is 0 Å². The zero-order valence-corrected chi connectivity index (χ0v) is 12.2. The standard InChI is InChI=1S/C16H17BrO/c1-2-16-8-7-14(18)10-12(16)4-3-11-9-13(17)5-6-15(11)16/h5-6,9-10H,2-4,7-8H2,1H3. The van der Waals surface area contributed by atoms with Gasteiger partial charge in [0, 0.05) is 16.3 Å². The van der Waals surface area contributed by atoms with E-state index in [0.717, 1.165) is 30.2 Å². The van der Waals surface area contributed by atoms with Gasteiger partial charge in [-0.2, -0.15) is 0 Å². The number of allylic oxidation sites excluding steroid dienone is 2. The summed E-state index contributed by atoms with van der Waals surface area (Å²) in [5.41, 5.74) is 4.43. The van der Waals surface area contributed by atoms with Gasteiger partial charge >= 0.3 is 0 Å². The van der Waals surface area contributed by atoms with E-state index in [-0.39, 0.29) is 5.41 Å². The quantitative estimate of drug-likeness (QED) is 0.754. The largest absolute Gasteiger partial charge is 0.295 e. The molecule has 2 aliphatic rings. The van der Waals surface area contributed by atoms with E-state index in [1.165, 1.54) is 16.7 Å². The fourth-order valence-electron chi connectivity index (χ4n) is 3.62. The second-order valence-electron chi connectivity index (χ2n) is 5.37. The van der Waals surface area contributed by atoms with E-state index < -0.39 is 0 Å². The highest BCUT2D eigenvalue weighted by atomic mass is 79.9. The molecule has 0 radical (unpaired) electrons. The van der Waals surface area contributed by atoms with Crippen molar-refractivity contribution in [1.82, 2.24) is 0 Å². The van der Waals surface area contributed by atoms with Gasteiger partial charge in [-0.15, -0.1) is 0 Å². The minimum Gasteiger partial charge on any atom is -0.295 e. The number of carbonyl (C=O) groups is 1. The Morgan fingerprint density at radius 3 is 2.89 bits per heavy atom. The monoisotopic (exact) mass is 304 g/mol. The molecule has 0 N–H and O–H groups in total. The van der Waals surface area contributed by atoms with Gasteiger partial charge in [0.05, 0.1) is 0 Å². The van der Waals surface area contributed by atoms with E-state index in [1.807, 2.05) is 6.08 Å². The van der Waals surface area contributed by atoms with E-state index >= 15 is 0 Å². The number of fused-ring (bicyclic) bond motifs is 3. The molecule has 1 unspecified atom stereocenters. The summed E-state index contributed by atoms with van der Waals surface area (Å²) < 4.78 is 1.16. The summed E-state index contributed by atoms with van der Waals surface area (Å²) in [5, 5.41) is 0. The van der Waals surface area contributed by atoms with Gasteiger partial charge in [-0.3, -0.25) is 4.79 Å². The number of ketones is 1. The lowest BCUT2D eigenvalue weighted by Crippen LogP contribution is -2.36. The maximum atomic E-state index is 11.7. The van der Waals surface area contributed by atoms with E-state index in [1.54, 1.807) is 0 Å². The van der Waals surface area contributed by atoms with Crippen LogP contribution in [0.5, 0.6) is 0 Å². The fourth-order valence-corrected chi connectivity index (χ4v) is 4.03. The molecule has 0 saturated carbocycles. The summed E-state index contributed by atoms with van der Waals surface area (Å²) in [5.74, 6) is 0.314. The SMILES string of the molecule is CCC12CCC(=O)C=C1CCc1cc(Br)ccc12. The van der Waals surface area contributed by atoms with Gasteiger partial charge in [0.2, 0.25) is 0 Å². The number of hydrogen-bond donors (Lipinski definition) is 0. The highest BCUT2D eigenvalue weighted by molar-refractivity contribution is 9.10. The van der Waals surface area contributed by atoms with Gasteiger partial charge in [0.15, 0.2) is 5.78 Å². The van der Waals surface area contributed by atoms with Crippen LogP contribution in [0.2, 0.25) is 0 Å². The molecule has 2 aliphatic carbocycles. The minimum atomic E-state index is 0.141. The molecule has 0 saturated heterocycles. The maximum Gasteiger partial charge on any atom is 0.155 e. The normalized spacial score (nSPS) is 26.3. The third kappa shape index (κ3) is 1.70. The summed E-state index contributed by atoms with van der Waals surface area (Å²) >= 11 is 3.56. The third-order valence-corrected chi connectivity index (χ3v) is 5.09. The summed E-state index contributed by atoms with van der Waals surface area (Å²) in [6, 6.07) is 6.64. The summed E-state index contributed by atoms with van der Waals surface area (Å²) in [6.45, 7) is 2.25. The van der Waals surface area contributed by atoms with Crippen LogP contribution in [0.15, 0.2) is 34.3 Å². The van der Waals surface area contributed by atoms with E-state index in [2.05, 4.69) is 41.1 Å². The average molecular weight is 305 g/mol. The van der Waals surface area contributed by atoms with Crippen molar-refractivity contribution in [3.8, 4) is 0 Å². The van der Waals surface area contributed by atoms with Gasteiger partial charge in [0.1, 0.15) is 0 Å². The van der Waals surface area contributed by atoms with Gasteiger partial charge in [0.25, 0.3) is 0 Å². The molecule has 18 heavy (non-hydrogen) atoms. The van der Waals surface area contributed by atoms with Crippen molar-refractivity contribution in [2.24, 2.45) is 0 Å². The molecule has 3 rings (SSSR count). The van der Waals surface area contributed by atoms with E-state index in [0.29, 0.717) is 12.2 Å². The molecule has 1 aromatic rings. The zero-order chi connectivity index (χ0) is 12.8. The predicted octanol–water partition coefficient (Wildman–Crippen LogP) is 4.33. The van der Waals surface area contributed by atoms with Crippen LogP contribution in [0.3, 0.4) is 0 Å². The first-order valence-electron chi connectivity index (χ1n) is 6.68. The molecule has 94 valence electrons. The first-order valence-corrected chi connectivity index (χ1v) is 7.48. The molecule has 0 amide bonds. The van der Waals surface area contributed by atoms with Crippen molar-refractivity contribution >= 4 is 21.7 Å². The molecule has 0 aromatic heterocycles. The Balaban J connectivity index is 2.19. The molecular weight excluding hydrogens is 288 g/mol. The Morgan fingerprint density at radius 1 is 1.28 bits per heavy atom. The Morgan fingerprint density at radius 2 is 2.11 bits per heavy atom. The third-order valence-electron chi connectivity index (χ3n) is 4.60. The van der Waals surface area contributed by atoms with Crippen molar-refractivity contribution in [2.45, 2.75) is 44.4 Å². The summed E-state index contributed by atoms with van der Waals surface area (Å²) in [6.07, 6.45) is 6.83. The van der Waals surface area contributed by atoms with Crippen LogP contribution in [0.4, 0.5) is 0 Å². The molecule has 0 fully saturated rings. The molecule has 0 heterocycles. The van der Waals surface area contributed by atoms with Crippen LogP contribution in [-0.4, -0.2) is 5.78 Å². The van der Waals surface area contributed by atoms with Crippen LogP contribution in [0.25, 0.3) is 0 Å². The molecule has 1 aromatic carbocycles. The molecule has 2 heteroatoms. The number of hydrogen-bond acceptors (Lipinski definition) is 1. The second-order valence-corrected chi connectivity index (χ2v) is 6.29. The van der Waals surface area contributed by atoms with Crippen LogP contribution >= 0.6 is 15.9 Å². The fraction of sp³-hybridized carbons (Fsp3) is 0.438. The number of halogens is 1. The van der Waals surface area contributed by atoms with Crippen molar-refractivity contribution in [2.75, 3.05) is 0 Å². The Kier molecular flexibility index (Phi) is 2.93. The minimum absolute atomic E-state index is 0.141. The van der Waals surface area contributed by atoms with Crippen molar-refractivity contribution in [3.05, 3.63) is 45.4 Å². The Hall–Kier alpha value is -0.890. The van der Waals surface area contributed by atoms with E-state index in [4.69, 9.17) is 0 Å². The first kappa shape index (κ1) is 12.2. The van der Waals surface area contributed by atoms with Crippen LogP contribution in [-0.2, 0) is 16.6 Å². The molecule has 0 spiro atoms. The number of carbonyl (C=O) groups excluding carboxylic acids is 1. The molecular formula is C16H17BrO. The van der Waals surface area contributed by atoms with Gasteiger partial charge < -0.3 is 0 Å². The summed E-state index contributed by atoms with van der Waals surface area (Å²) in [4.78, 5) is 11.7. The smallest absolute Gasteiger partial charge is 0.155 e. The molecule has 0 aliphatic heterocycles. The number of aryl methyl sites for hydroxylation is 1. The number of rotatable bonds is 1. The first-order chi connectivity index (χ1) is 8.65. The average Bonchev–Trinajstić information content (AvgIpc) is 2.38. The highest BCUT2D eigenvalue weighted by Crippen LogP contribution is 2.49. The highest BCUT2D eigenvalue weighted by Gasteiger charge is 2.41. The Bertz CT molecular complexity index is 544. The second kappa shape index (κ2) is 4.34. The van der Waals surface area contributed by atoms with Crippen LogP contribution < -0.4 is 0 Å². The van der Waals surface area contributed by atoms with Crippen LogP contribution in [0, 0.1) is 0 Å². The lowest BCUT2D eigenvalue weighted by Gasteiger charge is -2.43. The van der Waals surface area contributed by atoms with Crippen LogP contribution in [0.1, 0.15) is 43.7 Å². The topological polar surface area (TPSA) is 17.1 Å². The van der Waals surface area contributed by atoms with Gasteiger partial charge in [-0.1, -0.05) is 34.5 Å². The van der Waals surface area contributed by atoms with Gasteiger partial charge in [-0.25, -0.2) is 0 Å². The van der Waals surface area contributed by atoms with Gasteiger partial charge in [-0.05, 0) is 55.0 Å². The summed E-state index contributed by atoms with van der Waals surface area (Å²) in [7, 11) is 0. The van der Waals surface area contributed by atoms with Crippen molar-refractivity contribution in [3.63, 3.8) is 0 Å². The van der Waals surface area contributed by atoms with Crippen molar-refractivity contribution < 1.29 is 4.79 Å². The lowest BCUT2D eigenvalue weighted by molar-refractivity contribution is -0.115. The number of benzene rings is 1.